The summed E-state index contributed by atoms with van der Waals surface area (Å²) in [5.74, 6) is 2.73. The molecule has 2 aliphatic rings. The summed E-state index contributed by atoms with van der Waals surface area (Å²) >= 11 is 0. The molecule has 0 radical (unpaired) electrons. The lowest BCUT2D eigenvalue weighted by molar-refractivity contribution is -0.122. The van der Waals surface area contributed by atoms with Crippen LogP contribution in [-0.4, -0.2) is 61.6 Å². The van der Waals surface area contributed by atoms with E-state index in [2.05, 4.69) is 34.7 Å². The topological polar surface area (TPSA) is 81.9 Å². The molecule has 0 aromatic carbocycles. The third kappa shape index (κ3) is 9.29. The van der Waals surface area contributed by atoms with E-state index in [9.17, 15) is 4.79 Å². The fourth-order valence-electron chi connectivity index (χ4n) is 4.52. The first kappa shape index (κ1) is 27.0. The molecule has 0 bridgehead atoms. The molecular formula is C24H42IN5O2. The average Bonchev–Trinajstić information content (AvgIpc) is 3.29. The molecule has 2 heterocycles. The number of halogens is 1. The van der Waals surface area contributed by atoms with Crippen LogP contribution >= 0.6 is 24.0 Å². The smallest absolute Gasteiger partial charge is 0.234 e. The number of aliphatic imine (C=N–C) groups is 1. The number of guanidine groups is 1. The van der Waals surface area contributed by atoms with E-state index in [0.29, 0.717) is 31.1 Å². The minimum atomic E-state index is 0. The number of rotatable bonds is 9. The number of piperidine rings is 1. The molecule has 8 heteroatoms. The summed E-state index contributed by atoms with van der Waals surface area (Å²) in [6, 6.07) is 4.82. The number of carbonyl (C=O) groups is 1. The van der Waals surface area contributed by atoms with Crippen molar-refractivity contribution in [3.63, 3.8) is 0 Å². The predicted molar refractivity (Wildman–Crippen MR) is 141 cm³/mol. The zero-order valence-electron chi connectivity index (χ0n) is 19.8. The number of hydrogen-bond acceptors (Lipinski definition) is 4. The summed E-state index contributed by atoms with van der Waals surface area (Å²) < 4.78 is 5.45. The Labute approximate surface area is 210 Å². The minimum absolute atomic E-state index is 0. The second kappa shape index (κ2) is 14.8. The molecule has 182 valence electrons. The van der Waals surface area contributed by atoms with Crippen LogP contribution in [0.25, 0.3) is 0 Å². The van der Waals surface area contributed by atoms with Gasteiger partial charge < -0.3 is 20.4 Å². The van der Waals surface area contributed by atoms with Crippen molar-refractivity contribution >= 4 is 35.8 Å². The highest BCUT2D eigenvalue weighted by Crippen LogP contribution is 2.23. The van der Waals surface area contributed by atoms with E-state index in [0.717, 1.165) is 57.0 Å². The Bertz CT molecular complexity index is 674. The number of carbonyl (C=O) groups excluding carboxylic acids is 1. The van der Waals surface area contributed by atoms with Crippen molar-refractivity contribution in [2.75, 3.05) is 32.7 Å². The van der Waals surface area contributed by atoms with Crippen LogP contribution in [0, 0.1) is 5.92 Å². The van der Waals surface area contributed by atoms with Crippen LogP contribution in [0.1, 0.15) is 64.6 Å². The van der Waals surface area contributed by atoms with Gasteiger partial charge >= 0.3 is 0 Å². The van der Waals surface area contributed by atoms with Gasteiger partial charge in [0.1, 0.15) is 5.76 Å². The summed E-state index contributed by atoms with van der Waals surface area (Å²) in [6.07, 6.45) is 10.7. The second-order valence-corrected chi connectivity index (χ2v) is 9.12. The Hall–Kier alpha value is -1.29. The standard InChI is InChI=1S/C24H41N5O2.HI/c1-3-13-25-23(30)18-29-15-11-20(12-16-29)27-24(26-14-10-21-8-6-17-31-21)28-22-9-5-4-7-19(22)2;/h6,8,17,19-20,22H,3-5,7,9-16,18H2,1-2H3,(H,25,30)(H2,26,27,28);1H. The van der Waals surface area contributed by atoms with Crippen molar-refractivity contribution in [2.45, 2.75) is 77.3 Å². The fourth-order valence-corrected chi connectivity index (χ4v) is 4.52. The van der Waals surface area contributed by atoms with Crippen molar-refractivity contribution in [2.24, 2.45) is 10.9 Å². The largest absolute Gasteiger partial charge is 0.469 e. The van der Waals surface area contributed by atoms with Crippen LogP contribution in [0.15, 0.2) is 27.8 Å². The highest BCUT2D eigenvalue weighted by Gasteiger charge is 2.25. The molecule has 7 nitrogen and oxygen atoms in total. The lowest BCUT2D eigenvalue weighted by atomic mass is 9.86. The van der Waals surface area contributed by atoms with Crippen molar-refractivity contribution in [3.8, 4) is 0 Å². The predicted octanol–water partition coefficient (Wildman–Crippen LogP) is 3.54. The van der Waals surface area contributed by atoms with Crippen molar-refractivity contribution < 1.29 is 9.21 Å². The van der Waals surface area contributed by atoms with Gasteiger partial charge in [0.05, 0.1) is 12.8 Å². The van der Waals surface area contributed by atoms with Gasteiger partial charge in [-0.05, 0) is 50.2 Å². The molecule has 1 aliphatic carbocycles. The van der Waals surface area contributed by atoms with Crippen molar-refractivity contribution in [3.05, 3.63) is 24.2 Å². The van der Waals surface area contributed by atoms with E-state index in [1.807, 2.05) is 12.1 Å². The Morgan fingerprint density at radius 3 is 2.66 bits per heavy atom. The van der Waals surface area contributed by atoms with Gasteiger partial charge in [0, 0.05) is 44.7 Å². The summed E-state index contributed by atoms with van der Waals surface area (Å²) in [6.45, 7) is 8.29. The maximum absolute atomic E-state index is 12.0. The molecule has 1 saturated heterocycles. The van der Waals surface area contributed by atoms with E-state index in [-0.39, 0.29) is 29.9 Å². The highest BCUT2D eigenvalue weighted by atomic mass is 127. The van der Waals surface area contributed by atoms with E-state index in [4.69, 9.17) is 9.41 Å². The van der Waals surface area contributed by atoms with E-state index in [1.165, 1.54) is 25.7 Å². The Morgan fingerprint density at radius 2 is 1.97 bits per heavy atom. The van der Waals surface area contributed by atoms with Gasteiger partial charge in [0.15, 0.2) is 5.96 Å². The monoisotopic (exact) mass is 559 g/mol. The van der Waals surface area contributed by atoms with Gasteiger partial charge in [-0.1, -0.05) is 26.7 Å². The summed E-state index contributed by atoms with van der Waals surface area (Å²) in [4.78, 5) is 19.1. The Kier molecular flexibility index (Phi) is 12.4. The third-order valence-electron chi connectivity index (χ3n) is 6.51. The maximum Gasteiger partial charge on any atom is 0.234 e. The summed E-state index contributed by atoms with van der Waals surface area (Å²) in [7, 11) is 0. The number of nitrogens with zero attached hydrogens (tertiary/aromatic N) is 2. The number of amides is 1. The van der Waals surface area contributed by atoms with Gasteiger partial charge in [0.2, 0.25) is 5.91 Å². The minimum Gasteiger partial charge on any atom is -0.469 e. The normalized spacial score (nSPS) is 22.8. The lowest BCUT2D eigenvalue weighted by Crippen LogP contribution is -2.53. The Balaban J connectivity index is 0.00000363. The molecule has 32 heavy (non-hydrogen) atoms. The van der Waals surface area contributed by atoms with E-state index < -0.39 is 0 Å². The molecule has 2 atom stereocenters. The average molecular weight is 560 g/mol. The second-order valence-electron chi connectivity index (χ2n) is 9.12. The number of likely N-dealkylation sites (tertiary alicyclic amines) is 1. The molecule has 2 fully saturated rings. The van der Waals surface area contributed by atoms with Crippen molar-refractivity contribution in [1.82, 2.24) is 20.9 Å². The first-order valence-electron chi connectivity index (χ1n) is 12.2. The van der Waals surface area contributed by atoms with E-state index in [1.54, 1.807) is 6.26 Å². The number of hydrogen-bond donors (Lipinski definition) is 3. The molecule has 1 aliphatic heterocycles. The molecule has 3 N–H and O–H groups in total. The van der Waals surface area contributed by atoms with Crippen LogP contribution in [0.5, 0.6) is 0 Å². The maximum atomic E-state index is 12.0. The zero-order chi connectivity index (χ0) is 21.9. The molecule has 3 rings (SSSR count). The van der Waals surface area contributed by atoms with Crippen LogP contribution < -0.4 is 16.0 Å². The van der Waals surface area contributed by atoms with Gasteiger partial charge in [0.25, 0.3) is 0 Å². The number of furan rings is 1. The van der Waals surface area contributed by atoms with Crippen molar-refractivity contribution in [1.29, 1.82) is 0 Å². The first-order valence-corrected chi connectivity index (χ1v) is 12.2. The fraction of sp³-hybridized carbons (Fsp3) is 0.750. The molecule has 1 saturated carbocycles. The molecule has 1 aromatic heterocycles. The lowest BCUT2D eigenvalue weighted by Gasteiger charge is -2.35. The third-order valence-corrected chi connectivity index (χ3v) is 6.51. The highest BCUT2D eigenvalue weighted by molar-refractivity contribution is 14.0. The van der Waals surface area contributed by atoms with Crippen LogP contribution in [0.3, 0.4) is 0 Å². The summed E-state index contributed by atoms with van der Waals surface area (Å²) in [5, 5.41) is 10.4. The first-order chi connectivity index (χ1) is 15.1. The van der Waals surface area contributed by atoms with Crippen LogP contribution in [-0.2, 0) is 11.2 Å². The molecule has 2 unspecified atom stereocenters. The van der Waals surface area contributed by atoms with Gasteiger partial charge in [-0.2, -0.15) is 0 Å². The Morgan fingerprint density at radius 1 is 1.19 bits per heavy atom. The molecule has 1 aromatic rings. The summed E-state index contributed by atoms with van der Waals surface area (Å²) in [5.41, 5.74) is 0. The van der Waals surface area contributed by atoms with E-state index >= 15 is 0 Å². The SMILES string of the molecule is CCCNC(=O)CN1CCC(NC(=NCCc2ccco2)NC2CCCCC2C)CC1.I. The van der Waals surface area contributed by atoms with Gasteiger partial charge in [-0.25, -0.2) is 0 Å². The molecule has 1 amide bonds. The quantitative estimate of drug-likeness (QED) is 0.245. The van der Waals surface area contributed by atoms with Crippen LogP contribution in [0.4, 0.5) is 0 Å². The van der Waals surface area contributed by atoms with Gasteiger partial charge in [-0.3, -0.25) is 14.7 Å². The zero-order valence-corrected chi connectivity index (χ0v) is 22.1. The molecule has 0 spiro atoms. The number of nitrogens with one attached hydrogen (secondary N) is 3. The van der Waals surface area contributed by atoms with Crippen LogP contribution in [0.2, 0.25) is 0 Å². The van der Waals surface area contributed by atoms with Gasteiger partial charge in [-0.15, -0.1) is 24.0 Å². The molecular weight excluding hydrogens is 517 g/mol.